The van der Waals surface area contributed by atoms with Crippen LogP contribution in [0.15, 0.2) is 36.4 Å². The minimum Gasteiger partial charge on any atom is -0.508 e. The molecule has 1 aliphatic carbocycles. The molecule has 1 saturated carbocycles. The van der Waals surface area contributed by atoms with Crippen LogP contribution in [0.5, 0.6) is 5.75 Å². The Kier molecular flexibility index (Phi) is 4.50. The van der Waals surface area contributed by atoms with Gasteiger partial charge in [0.25, 0.3) is 0 Å². The van der Waals surface area contributed by atoms with Crippen LogP contribution >= 0.6 is 0 Å². The average molecular weight is 337 g/mol. The Morgan fingerprint density at radius 1 is 1.00 bits per heavy atom. The summed E-state index contributed by atoms with van der Waals surface area (Å²) in [5.74, 6) is 2.68. The second kappa shape index (κ2) is 7.09. The zero-order chi connectivity index (χ0) is 17.1. The molecular weight excluding hydrogens is 314 g/mol. The predicted molar refractivity (Wildman–Crippen MR) is 96.8 cm³/mol. The third-order valence-electron chi connectivity index (χ3n) is 4.92. The summed E-state index contributed by atoms with van der Waals surface area (Å²) in [5.41, 5.74) is 1.81. The summed E-state index contributed by atoms with van der Waals surface area (Å²) in [7, 11) is 0. The summed E-state index contributed by atoms with van der Waals surface area (Å²) in [6, 6.07) is 11.1. The van der Waals surface area contributed by atoms with Crippen molar-refractivity contribution in [1.82, 2.24) is 19.8 Å². The van der Waals surface area contributed by atoms with Gasteiger partial charge in [-0.05, 0) is 48.6 Å². The van der Waals surface area contributed by atoms with Gasteiger partial charge in [-0.1, -0.05) is 31.4 Å². The molecule has 6 nitrogen and oxygen atoms in total. The van der Waals surface area contributed by atoms with Gasteiger partial charge in [0.1, 0.15) is 11.6 Å². The number of phenolic OH excluding ortho intramolecular Hbond substituents is 1. The average Bonchev–Trinajstić information content (AvgIpc) is 3.05. The Bertz CT molecular complexity index is 837. The summed E-state index contributed by atoms with van der Waals surface area (Å²) in [6.07, 6.45) is 7.33. The van der Waals surface area contributed by atoms with E-state index in [0.717, 1.165) is 35.3 Å². The number of aromatic hydroxyl groups is 1. The zero-order valence-electron chi connectivity index (χ0n) is 14.2. The molecule has 6 heteroatoms. The van der Waals surface area contributed by atoms with E-state index in [4.69, 9.17) is 0 Å². The van der Waals surface area contributed by atoms with Crippen molar-refractivity contribution in [3.05, 3.63) is 47.8 Å². The van der Waals surface area contributed by atoms with Gasteiger partial charge in [-0.2, -0.15) is 4.52 Å². The number of benzene rings is 1. The summed E-state index contributed by atoms with van der Waals surface area (Å²) >= 11 is 0. The fourth-order valence-electron chi connectivity index (χ4n) is 3.47. The van der Waals surface area contributed by atoms with Gasteiger partial charge in [0.05, 0.1) is 0 Å². The zero-order valence-corrected chi connectivity index (χ0v) is 14.2. The maximum Gasteiger partial charge on any atom is 0.178 e. The highest BCUT2D eigenvalue weighted by molar-refractivity contribution is 5.44. The Labute approximate surface area is 146 Å². The van der Waals surface area contributed by atoms with E-state index in [9.17, 15) is 5.11 Å². The van der Waals surface area contributed by atoms with E-state index in [-0.39, 0.29) is 5.75 Å². The van der Waals surface area contributed by atoms with E-state index < -0.39 is 0 Å². The van der Waals surface area contributed by atoms with Crippen LogP contribution < -0.4 is 5.32 Å². The van der Waals surface area contributed by atoms with Crippen molar-refractivity contribution in [1.29, 1.82) is 0 Å². The van der Waals surface area contributed by atoms with Crippen molar-refractivity contribution in [2.75, 3.05) is 11.9 Å². The van der Waals surface area contributed by atoms with Crippen LogP contribution in [0.4, 0.5) is 5.82 Å². The van der Waals surface area contributed by atoms with Gasteiger partial charge in [0, 0.05) is 13.0 Å². The molecule has 0 atom stereocenters. The molecule has 0 radical (unpaired) electrons. The van der Waals surface area contributed by atoms with E-state index in [2.05, 4.69) is 20.6 Å². The number of hydrogen-bond donors (Lipinski definition) is 2. The van der Waals surface area contributed by atoms with Crippen LogP contribution in [0.3, 0.4) is 0 Å². The topological polar surface area (TPSA) is 75.3 Å². The predicted octanol–water partition coefficient (Wildman–Crippen LogP) is 3.41. The molecule has 4 rings (SSSR count). The van der Waals surface area contributed by atoms with Gasteiger partial charge in [0.15, 0.2) is 11.5 Å². The molecule has 2 heterocycles. The molecule has 1 fully saturated rings. The molecule has 0 aliphatic heterocycles. The molecule has 0 spiro atoms. The number of nitrogens with zero attached hydrogens (tertiary/aromatic N) is 4. The summed E-state index contributed by atoms with van der Waals surface area (Å²) in [4.78, 5) is 0. The number of anilines is 1. The summed E-state index contributed by atoms with van der Waals surface area (Å²) in [6.45, 7) is 0.980. The second-order valence-corrected chi connectivity index (χ2v) is 6.83. The first kappa shape index (κ1) is 15.9. The van der Waals surface area contributed by atoms with Gasteiger partial charge < -0.3 is 10.4 Å². The first-order chi connectivity index (χ1) is 12.3. The number of rotatable bonds is 5. The van der Waals surface area contributed by atoms with Crippen LogP contribution in [0.25, 0.3) is 5.65 Å². The molecule has 25 heavy (non-hydrogen) atoms. The van der Waals surface area contributed by atoms with Crippen molar-refractivity contribution in [2.45, 2.75) is 38.5 Å². The number of phenols is 1. The Morgan fingerprint density at radius 3 is 2.60 bits per heavy atom. The molecule has 0 amide bonds. The van der Waals surface area contributed by atoms with Gasteiger partial charge in [-0.3, -0.25) is 0 Å². The molecule has 0 bridgehead atoms. The van der Waals surface area contributed by atoms with Crippen LogP contribution in [-0.2, 0) is 6.42 Å². The third-order valence-corrected chi connectivity index (χ3v) is 4.92. The highest BCUT2D eigenvalue weighted by Gasteiger charge is 2.14. The number of fused-ring (bicyclic) bond motifs is 1. The van der Waals surface area contributed by atoms with Crippen molar-refractivity contribution in [3.8, 4) is 5.75 Å². The fourth-order valence-corrected chi connectivity index (χ4v) is 3.47. The smallest absolute Gasteiger partial charge is 0.178 e. The highest BCUT2D eigenvalue weighted by atomic mass is 16.3. The van der Waals surface area contributed by atoms with Crippen molar-refractivity contribution in [2.24, 2.45) is 5.92 Å². The lowest BCUT2D eigenvalue weighted by atomic mass is 9.89. The molecule has 2 N–H and O–H groups in total. The number of aromatic nitrogens is 4. The van der Waals surface area contributed by atoms with Crippen molar-refractivity contribution >= 4 is 11.5 Å². The minimum atomic E-state index is 0.266. The second-order valence-electron chi connectivity index (χ2n) is 6.83. The number of hydrogen-bond acceptors (Lipinski definition) is 5. The molecule has 0 saturated heterocycles. The van der Waals surface area contributed by atoms with Crippen molar-refractivity contribution < 1.29 is 5.11 Å². The fraction of sp³-hybridized carbons (Fsp3) is 0.421. The molecular formula is C19H23N5O. The lowest BCUT2D eigenvalue weighted by molar-refractivity contribution is 0.373. The summed E-state index contributed by atoms with van der Waals surface area (Å²) in [5, 5.41) is 26.0. The normalized spacial score (nSPS) is 15.5. The Morgan fingerprint density at radius 2 is 1.80 bits per heavy atom. The Hall–Kier alpha value is -2.63. The first-order valence-corrected chi connectivity index (χ1v) is 9.01. The lowest BCUT2D eigenvalue weighted by Crippen LogP contribution is -2.18. The van der Waals surface area contributed by atoms with Crippen LogP contribution in [0.2, 0.25) is 0 Å². The quantitative estimate of drug-likeness (QED) is 0.746. The molecule has 2 aromatic heterocycles. The van der Waals surface area contributed by atoms with Crippen LogP contribution in [-0.4, -0.2) is 31.5 Å². The van der Waals surface area contributed by atoms with Crippen molar-refractivity contribution in [3.63, 3.8) is 0 Å². The highest BCUT2D eigenvalue weighted by Crippen LogP contribution is 2.23. The van der Waals surface area contributed by atoms with E-state index in [1.165, 1.54) is 32.1 Å². The van der Waals surface area contributed by atoms with Gasteiger partial charge in [0.2, 0.25) is 0 Å². The third kappa shape index (κ3) is 3.73. The van der Waals surface area contributed by atoms with Gasteiger partial charge >= 0.3 is 0 Å². The first-order valence-electron chi connectivity index (χ1n) is 9.01. The summed E-state index contributed by atoms with van der Waals surface area (Å²) < 4.78 is 1.80. The van der Waals surface area contributed by atoms with Crippen LogP contribution in [0.1, 0.15) is 43.5 Å². The molecule has 3 aromatic rings. The SMILES string of the molecule is Oc1ccc(Cc2nnc3ccc(NCC4CCCCC4)nn23)cc1. The van der Waals surface area contributed by atoms with E-state index in [1.54, 1.807) is 16.6 Å². The molecule has 1 aromatic carbocycles. The molecule has 130 valence electrons. The van der Waals surface area contributed by atoms with Gasteiger partial charge in [-0.15, -0.1) is 15.3 Å². The van der Waals surface area contributed by atoms with E-state index >= 15 is 0 Å². The monoisotopic (exact) mass is 337 g/mol. The standard InChI is InChI=1S/C19H23N5O/c25-16-8-6-14(7-9-16)12-19-22-21-18-11-10-17(23-24(18)19)20-13-15-4-2-1-3-5-15/h6-11,15,25H,1-5,12-13H2,(H,20,23). The van der Waals surface area contributed by atoms with E-state index in [1.807, 2.05) is 24.3 Å². The van der Waals surface area contributed by atoms with E-state index in [0.29, 0.717) is 6.42 Å². The molecule has 0 unspecified atom stereocenters. The number of nitrogens with one attached hydrogen (secondary N) is 1. The lowest BCUT2D eigenvalue weighted by Gasteiger charge is -2.21. The largest absolute Gasteiger partial charge is 0.508 e. The molecule has 1 aliphatic rings. The van der Waals surface area contributed by atoms with Gasteiger partial charge in [-0.25, -0.2) is 0 Å². The maximum absolute atomic E-state index is 9.40. The maximum atomic E-state index is 9.40. The Balaban J connectivity index is 1.49. The minimum absolute atomic E-state index is 0.266. The van der Waals surface area contributed by atoms with Crippen LogP contribution in [0, 0.1) is 5.92 Å².